The lowest BCUT2D eigenvalue weighted by molar-refractivity contribution is -0.135. The molecule has 0 N–H and O–H groups in total. The number of carbonyl (C=O) groups is 2. The molecule has 2 atom stereocenters. The molecule has 2 aromatic carbocycles. The SMILES string of the molecule is CCC(Cc1cccc2c1CC(CC)(CC)C2)C(=O)OI.CCC1Cc2c(ccc3c2CC(CC)(CC)C3)C1=O. The van der Waals surface area contributed by atoms with Crippen LogP contribution in [0.3, 0.4) is 0 Å². The normalized spacial score (nSPS) is 20.3. The average molecular weight is 657 g/mol. The molecule has 0 radical (unpaired) electrons. The van der Waals surface area contributed by atoms with Crippen molar-refractivity contribution in [3.8, 4) is 0 Å². The number of rotatable bonds is 9. The second-order valence-electron chi connectivity index (χ2n) is 12.8. The summed E-state index contributed by atoms with van der Waals surface area (Å²) in [5.41, 5.74) is 10.7. The van der Waals surface area contributed by atoms with Gasteiger partial charge in [0.15, 0.2) is 28.8 Å². The van der Waals surface area contributed by atoms with Crippen molar-refractivity contribution in [1.82, 2.24) is 0 Å². The van der Waals surface area contributed by atoms with Crippen LogP contribution in [0, 0.1) is 22.7 Å². The quantitative estimate of drug-likeness (QED) is 0.253. The van der Waals surface area contributed by atoms with Crippen LogP contribution in [0.25, 0.3) is 0 Å². The second-order valence-corrected chi connectivity index (χ2v) is 13.2. The van der Waals surface area contributed by atoms with Gasteiger partial charge in [-0.2, -0.15) is 0 Å². The van der Waals surface area contributed by atoms with E-state index in [1.165, 1.54) is 84.7 Å². The largest absolute Gasteiger partial charge is 0.394 e. The number of halogens is 1. The molecule has 0 amide bonds. The predicted molar refractivity (Wildman–Crippen MR) is 173 cm³/mol. The van der Waals surface area contributed by atoms with Crippen LogP contribution in [0.2, 0.25) is 0 Å². The van der Waals surface area contributed by atoms with Gasteiger partial charge in [-0.05, 0) is 121 Å². The van der Waals surface area contributed by atoms with Crippen molar-refractivity contribution in [1.29, 1.82) is 0 Å². The minimum Gasteiger partial charge on any atom is -0.394 e. The summed E-state index contributed by atoms with van der Waals surface area (Å²) in [6.07, 6.45) is 13.3. The summed E-state index contributed by atoms with van der Waals surface area (Å²) in [5, 5.41) is 0. The molecule has 5 rings (SSSR count). The van der Waals surface area contributed by atoms with E-state index in [-0.39, 0.29) is 17.8 Å². The van der Waals surface area contributed by atoms with Gasteiger partial charge in [0.1, 0.15) is 0 Å². The third-order valence-corrected chi connectivity index (χ3v) is 11.5. The van der Waals surface area contributed by atoms with Crippen LogP contribution in [-0.4, -0.2) is 11.8 Å². The van der Waals surface area contributed by atoms with Gasteiger partial charge in [-0.15, -0.1) is 0 Å². The second kappa shape index (κ2) is 13.1. The molecule has 0 saturated carbocycles. The Morgan fingerprint density at radius 3 is 2.00 bits per heavy atom. The first kappa shape index (κ1) is 31.3. The zero-order valence-electron chi connectivity index (χ0n) is 25.6. The van der Waals surface area contributed by atoms with E-state index in [4.69, 9.17) is 3.07 Å². The number of fused-ring (bicyclic) bond motifs is 4. The number of Topliss-reactive ketones (excluding diaryl/α,β-unsaturated/α-hetero) is 1. The van der Waals surface area contributed by atoms with Crippen molar-refractivity contribution in [3.05, 3.63) is 69.3 Å². The number of hydrogen-bond acceptors (Lipinski definition) is 3. The maximum Gasteiger partial charge on any atom is 0.318 e. The maximum atomic E-state index is 12.3. The van der Waals surface area contributed by atoms with Gasteiger partial charge in [0.05, 0.1) is 5.92 Å². The van der Waals surface area contributed by atoms with E-state index in [0.29, 0.717) is 16.6 Å². The molecule has 0 fully saturated rings. The summed E-state index contributed by atoms with van der Waals surface area (Å²) in [6.45, 7) is 13.4. The first-order valence-electron chi connectivity index (χ1n) is 15.8. The Kier molecular flexibility index (Phi) is 10.2. The van der Waals surface area contributed by atoms with E-state index < -0.39 is 0 Å². The van der Waals surface area contributed by atoms with Gasteiger partial charge in [0.25, 0.3) is 0 Å². The monoisotopic (exact) mass is 656 g/mol. The lowest BCUT2D eigenvalue weighted by atomic mass is 9.79. The number of benzene rings is 2. The summed E-state index contributed by atoms with van der Waals surface area (Å²) in [5.74, 6) is 0.531. The van der Waals surface area contributed by atoms with E-state index in [0.717, 1.165) is 31.2 Å². The van der Waals surface area contributed by atoms with Gasteiger partial charge >= 0.3 is 5.97 Å². The van der Waals surface area contributed by atoms with E-state index >= 15 is 0 Å². The zero-order chi connectivity index (χ0) is 29.1. The highest BCUT2D eigenvalue weighted by atomic mass is 127. The molecule has 0 aliphatic heterocycles. The summed E-state index contributed by atoms with van der Waals surface area (Å²) in [4.78, 5) is 24.2. The molecule has 3 aliphatic rings. The molecule has 40 heavy (non-hydrogen) atoms. The molecule has 0 saturated heterocycles. The van der Waals surface area contributed by atoms with Crippen LogP contribution in [0.1, 0.15) is 124 Å². The molecule has 3 aliphatic carbocycles. The Labute approximate surface area is 256 Å². The summed E-state index contributed by atoms with van der Waals surface area (Å²) >= 11 is 1.70. The molecule has 0 bridgehead atoms. The van der Waals surface area contributed by atoms with Gasteiger partial charge in [-0.1, -0.05) is 71.9 Å². The van der Waals surface area contributed by atoms with E-state index in [9.17, 15) is 9.59 Å². The minimum absolute atomic E-state index is 0.0216. The third-order valence-electron chi connectivity index (χ3n) is 11.1. The van der Waals surface area contributed by atoms with Crippen molar-refractivity contribution in [2.45, 2.75) is 119 Å². The molecule has 218 valence electrons. The van der Waals surface area contributed by atoms with Crippen LogP contribution in [0.15, 0.2) is 30.3 Å². The highest BCUT2D eigenvalue weighted by Crippen LogP contribution is 2.46. The van der Waals surface area contributed by atoms with Crippen LogP contribution in [-0.2, 0) is 46.4 Å². The van der Waals surface area contributed by atoms with E-state index in [1.54, 1.807) is 23.0 Å². The molecule has 2 unspecified atom stereocenters. The third kappa shape index (κ3) is 5.94. The van der Waals surface area contributed by atoms with Crippen LogP contribution >= 0.6 is 23.0 Å². The smallest absolute Gasteiger partial charge is 0.318 e. The average Bonchev–Trinajstić information content (AvgIpc) is 3.67. The van der Waals surface area contributed by atoms with Gasteiger partial charge < -0.3 is 3.07 Å². The summed E-state index contributed by atoms with van der Waals surface area (Å²) < 4.78 is 4.91. The molecule has 0 aromatic heterocycles. The Balaban J connectivity index is 0.000000186. The van der Waals surface area contributed by atoms with E-state index in [2.05, 4.69) is 71.9 Å². The molecule has 2 aromatic rings. The van der Waals surface area contributed by atoms with Crippen molar-refractivity contribution in [3.63, 3.8) is 0 Å². The molecule has 3 nitrogen and oxygen atoms in total. The topological polar surface area (TPSA) is 43.4 Å². The summed E-state index contributed by atoms with van der Waals surface area (Å²) in [7, 11) is 0. The fourth-order valence-corrected chi connectivity index (χ4v) is 8.02. The molecular weight excluding hydrogens is 607 g/mol. The molecule has 0 spiro atoms. The Morgan fingerprint density at radius 2 is 1.45 bits per heavy atom. The highest BCUT2D eigenvalue weighted by Gasteiger charge is 2.40. The van der Waals surface area contributed by atoms with Gasteiger partial charge in [-0.25, -0.2) is 0 Å². The van der Waals surface area contributed by atoms with Crippen LogP contribution in [0.4, 0.5) is 0 Å². The van der Waals surface area contributed by atoms with Crippen molar-refractivity contribution in [2.75, 3.05) is 0 Å². The predicted octanol–water partition coefficient (Wildman–Crippen LogP) is 9.41. The molecular formula is C36H49IO3. The Hall–Kier alpha value is -1.69. The fraction of sp³-hybridized carbons (Fsp3) is 0.611. The Bertz CT molecular complexity index is 1220. The van der Waals surface area contributed by atoms with Crippen LogP contribution in [0.5, 0.6) is 0 Å². The lowest BCUT2D eigenvalue weighted by Gasteiger charge is -2.25. The minimum atomic E-state index is -0.0917. The van der Waals surface area contributed by atoms with Gasteiger partial charge in [0, 0.05) is 11.5 Å². The number of carbonyl (C=O) groups excluding carboxylic acids is 2. The first-order valence-corrected chi connectivity index (χ1v) is 16.7. The Morgan fingerprint density at radius 1 is 0.850 bits per heavy atom. The first-order chi connectivity index (χ1) is 19.2. The van der Waals surface area contributed by atoms with Gasteiger partial charge in [-0.3, -0.25) is 9.59 Å². The maximum absolute atomic E-state index is 12.3. The number of hydrogen-bond donors (Lipinski definition) is 0. The molecule has 0 heterocycles. The lowest BCUT2D eigenvalue weighted by Crippen LogP contribution is -2.19. The summed E-state index contributed by atoms with van der Waals surface area (Å²) in [6, 6.07) is 11.0. The van der Waals surface area contributed by atoms with Gasteiger partial charge in [0.2, 0.25) is 0 Å². The fourth-order valence-electron chi connectivity index (χ4n) is 7.66. The van der Waals surface area contributed by atoms with Crippen molar-refractivity contribution in [2.24, 2.45) is 22.7 Å². The zero-order valence-corrected chi connectivity index (χ0v) is 27.8. The number of ketones is 1. The molecule has 4 heteroatoms. The highest BCUT2D eigenvalue weighted by molar-refractivity contribution is 14.1. The van der Waals surface area contributed by atoms with E-state index in [1.807, 2.05) is 0 Å². The van der Waals surface area contributed by atoms with Crippen molar-refractivity contribution >= 4 is 34.8 Å². The standard InChI is InChI=1S/C18H25IO2.C18H24O/c1-4-13(17(20)21-19)10-14-8-7-9-15-11-18(5-2,6-3)12-16(14)15;1-4-12-9-15-14(17(12)19)8-7-13-10-18(5-2,6-3)11-16(13)15/h7-9,13H,4-6,10-12H2,1-3H3;7-8,12H,4-6,9-11H2,1-3H3. The van der Waals surface area contributed by atoms with Crippen molar-refractivity contribution < 1.29 is 12.7 Å². The van der Waals surface area contributed by atoms with Crippen LogP contribution < -0.4 is 0 Å².